The average molecular weight is 431 g/mol. The Kier molecular flexibility index (Phi) is 3.29. The zero-order chi connectivity index (χ0) is 12.7. The molecule has 90 valence electrons. The van der Waals surface area contributed by atoms with Crippen molar-refractivity contribution < 1.29 is 0 Å². The van der Waals surface area contributed by atoms with Gasteiger partial charge in [-0.05, 0) is 77.3 Å². The lowest BCUT2D eigenvalue weighted by molar-refractivity contribution is 1.06. The molecule has 3 rings (SSSR count). The number of aromatic amines is 1. The predicted molar refractivity (Wildman–Crippen MR) is 88.9 cm³/mol. The number of aromatic nitrogens is 2. The van der Waals surface area contributed by atoms with Crippen molar-refractivity contribution in [1.29, 1.82) is 0 Å². The molecule has 0 amide bonds. The van der Waals surface area contributed by atoms with Crippen LogP contribution >= 0.6 is 50.7 Å². The summed E-state index contributed by atoms with van der Waals surface area (Å²) in [5.74, 6) is 0. The van der Waals surface area contributed by atoms with Gasteiger partial charge in [0, 0.05) is 13.7 Å². The van der Waals surface area contributed by atoms with Crippen molar-refractivity contribution in [2.75, 3.05) is 0 Å². The summed E-state index contributed by atoms with van der Waals surface area (Å²) in [6, 6.07) is 14.4. The summed E-state index contributed by atoms with van der Waals surface area (Å²) in [5.41, 5.74) is 3.23. The minimum absolute atomic E-state index is 0.717. The summed E-state index contributed by atoms with van der Waals surface area (Å²) in [6.07, 6.45) is 0. The summed E-state index contributed by atoms with van der Waals surface area (Å²) >= 11 is 11.1. The molecule has 1 aromatic heterocycles. The van der Waals surface area contributed by atoms with Gasteiger partial charge >= 0.3 is 0 Å². The molecule has 3 aromatic rings. The third-order valence-corrected chi connectivity index (χ3v) is 4.21. The lowest BCUT2D eigenvalue weighted by atomic mass is 10.3. The van der Waals surface area contributed by atoms with Crippen LogP contribution in [0.25, 0.3) is 16.7 Å². The molecule has 0 unspecified atom stereocenters. The largest absolute Gasteiger partial charge is 0.330 e. The van der Waals surface area contributed by atoms with E-state index in [9.17, 15) is 0 Å². The van der Waals surface area contributed by atoms with Crippen LogP contribution in [0.2, 0.25) is 0 Å². The topological polar surface area (TPSA) is 20.7 Å². The second kappa shape index (κ2) is 4.79. The van der Waals surface area contributed by atoms with E-state index in [0.29, 0.717) is 4.77 Å². The minimum Gasteiger partial charge on any atom is -0.330 e. The summed E-state index contributed by atoms with van der Waals surface area (Å²) in [6.45, 7) is 0. The number of hydrogen-bond donors (Lipinski definition) is 1. The van der Waals surface area contributed by atoms with Gasteiger partial charge in [0.2, 0.25) is 0 Å². The fraction of sp³-hybridized carbons (Fsp3) is 0. The number of nitrogens with one attached hydrogen (secondary N) is 1. The number of H-pyrrole nitrogens is 1. The van der Waals surface area contributed by atoms with Gasteiger partial charge in [0.15, 0.2) is 4.77 Å². The molecular weight excluding hydrogens is 423 g/mol. The first-order valence-corrected chi connectivity index (χ1v) is 7.59. The monoisotopic (exact) mass is 430 g/mol. The van der Waals surface area contributed by atoms with Crippen LogP contribution < -0.4 is 0 Å². The van der Waals surface area contributed by atoms with Crippen molar-refractivity contribution in [2.45, 2.75) is 0 Å². The zero-order valence-electron chi connectivity index (χ0n) is 9.15. The molecule has 0 bridgehead atoms. The summed E-state index contributed by atoms with van der Waals surface area (Å²) in [5, 5.41) is 0. The maximum absolute atomic E-state index is 5.40. The van der Waals surface area contributed by atoms with E-state index in [0.717, 1.165) is 21.2 Å². The summed E-state index contributed by atoms with van der Waals surface area (Å²) in [4.78, 5) is 3.24. The summed E-state index contributed by atoms with van der Waals surface area (Å²) < 4.78 is 5.02. The predicted octanol–water partition coefficient (Wildman–Crippen LogP) is 5.06. The number of nitrogens with zero attached hydrogens (tertiary/aromatic N) is 1. The van der Waals surface area contributed by atoms with Gasteiger partial charge in [-0.25, -0.2) is 0 Å². The molecule has 0 spiro atoms. The molecule has 0 fully saturated rings. The Morgan fingerprint density at radius 2 is 1.83 bits per heavy atom. The first-order chi connectivity index (χ1) is 8.65. The van der Waals surface area contributed by atoms with E-state index in [4.69, 9.17) is 12.2 Å². The number of hydrogen-bond acceptors (Lipinski definition) is 1. The standard InChI is InChI=1S/C13H8BrIN2S/c14-8-1-4-10(5-2-8)17-12-6-3-9(15)7-11(12)16-13(17)18/h1-7H,(H,16,18). The highest BCUT2D eigenvalue weighted by Crippen LogP contribution is 2.22. The molecule has 0 saturated carbocycles. The lowest BCUT2D eigenvalue weighted by Crippen LogP contribution is -1.93. The Morgan fingerprint density at radius 3 is 2.56 bits per heavy atom. The maximum atomic E-state index is 5.40. The molecular formula is C13H8BrIN2S. The van der Waals surface area contributed by atoms with Crippen molar-refractivity contribution >= 4 is 61.8 Å². The van der Waals surface area contributed by atoms with Gasteiger partial charge in [-0.2, -0.15) is 0 Å². The van der Waals surface area contributed by atoms with Crippen LogP contribution in [0.3, 0.4) is 0 Å². The van der Waals surface area contributed by atoms with Crippen LogP contribution in [0.15, 0.2) is 46.9 Å². The molecule has 2 nitrogen and oxygen atoms in total. The Morgan fingerprint density at radius 1 is 1.11 bits per heavy atom. The van der Waals surface area contributed by atoms with E-state index in [2.05, 4.69) is 61.7 Å². The summed E-state index contributed by atoms with van der Waals surface area (Å²) in [7, 11) is 0. The molecule has 0 radical (unpaired) electrons. The minimum atomic E-state index is 0.717. The molecule has 1 heterocycles. The van der Waals surface area contributed by atoms with E-state index in [1.54, 1.807) is 0 Å². The van der Waals surface area contributed by atoms with Crippen LogP contribution in [0, 0.1) is 8.34 Å². The van der Waals surface area contributed by atoms with Crippen molar-refractivity contribution in [3.8, 4) is 5.69 Å². The quantitative estimate of drug-likeness (QED) is 0.423. The number of halogens is 2. The first kappa shape index (κ1) is 12.4. The molecule has 1 N–H and O–H groups in total. The smallest absolute Gasteiger partial charge is 0.182 e. The molecule has 0 aliphatic heterocycles. The van der Waals surface area contributed by atoms with Crippen molar-refractivity contribution in [3.63, 3.8) is 0 Å². The Balaban J connectivity index is 2.32. The molecule has 0 atom stereocenters. The lowest BCUT2D eigenvalue weighted by Gasteiger charge is -2.04. The van der Waals surface area contributed by atoms with Gasteiger partial charge in [-0.1, -0.05) is 15.9 Å². The Labute approximate surface area is 131 Å². The third-order valence-electron chi connectivity index (χ3n) is 2.73. The molecule has 0 saturated heterocycles. The normalized spacial score (nSPS) is 11.0. The zero-order valence-corrected chi connectivity index (χ0v) is 13.7. The van der Waals surface area contributed by atoms with Gasteiger partial charge in [-0.15, -0.1) is 0 Å². The second-order valence-corrected chi connectivity index (χ2v) is 6.45. The number of imidazole rings is 1. The number of benzene rings is 2. The number of fused-ring (bicyclic) bond motifs is 1. The van der Waals surface area contributed by atoms with E-state index in [1.165, 1.54) is 3.57 Å². The van der Waals surface area contributed by atoms with Crippen molar-refractivity contribution in [3.05, 3.63) is 55.3 Å². The van der Waals surface area contributed by atoms with E-state index in [-0.39, 0.29) is 0 Å². The first-order valence-electron chi connectivity index (χ1n) is 5.31. The van der Waals surface area contributed by atoms with Gasteiger partial charge in [0.25, 0.3) is 0 Å². The van der Waals surface area contributed by atoms with Crippen LogP contribution in [0.5, 0.6) is 0 Å². The Bertz CT molecular complexity index is 774. The fourth-order valence-electron chi connectivity index (χ4n) is 1.93. The molecule has 2 aromatic carbocycles. The van der Waals surface area contributed by atoms with Crippen molar-refractivity contribution in [1.82, 2.24) is 9.55 Å². The molecule has 0 aliphatic rings. The molecule has 5 heteroatoms. The highest BCUT2D eigenvalue weighted by molar-refractivity contribution is 14.1. The van der Waals surface area contributed by atoms with Gasteiger partial charge in [-0.3, -0.25) is 4.57 Å². The molecule has 0 aliphatic carbocycles. The van der Waals surface area contributed by atoms with Crippen LogP contribution in [0.1, 0.15) is 0 Å². The van der Waals surface area contributed by atoms with E-state index >= 15 is 0 Å². The van der Waals surface area contributed by atoms with Crippen LogP contribution in [0.4, 0.5) is 0 Å². The van der Waals surface area contributed by atoms with Gasteiger partial charge in [0.05, 0.1) is 11.0 Å². The highest BCUT2D eigenvalue weighted by Gasteiger charge is 2.06. The van der Waals surface area contributed by atoms with E-state index < -0.39 is 0 Å². The van der Waals surface area contributed by atoms with E-state index in [1.807, 2.05) is 28.8 Å². The fourth-order valence-corrected chi connectivity index (χ4v) is 3.00. The van der Waals surface area contributed by atoms with Gasteiger partial charge in [0.1, 0.15) is 0 Å². The van der Waals surface area contributed by atoms with Crippen LogP contribution in [-0.2, 0) is 0 Å². The average Bonchev–Trinajstić information content (AvgIpc) is 2.65. The van der Waals surface area contributed by atoms with Crippen LogP contribution in [-0.4, -0.2) is 9.55 Å². The Hall–Kier alpha value is -0.660. The second-order valence-electron chi connectivity index (χ2n) is 3.90. The number of rotatable bonds is 1. The third kappa shape index (κ3) is 2.15. The maximum Gasteiger partial charge on any atom is 0.182 e. The van der Waals surface area contributed by atoms with Gasteiger partial charge < -0.3 is 4.98 Å². The van der Waals surface area contributed by atoms with Crippen molar-refractivity contribution in [2.24, 2.45) is 0 Å². The highest BCUT2D eigenvalue weighted by atomic mass is 127. The molecule has 18 heavy (non-hydrogen) atoms. The SMILES string of the molecule is S=c1[nH]c2cc(I)ccc2n1-c1ccc(Br)cc1.